The number of ether oxygens (including phenoxy) is 1. The summed E-state index contributed by atoms with van der Waals surface area (Å²) >= 11 is 0. The van der Waals surface area contributed by atoms with Crippen molar-refractivity contribution < 1.29 is 13.9 Å². The normalized spacial score (nSPS) is 11.3. The van der Waals surface area contributed by atoms with Crippen molar-refractivity contribution >= 4 is 11.6 Å². The van der Waals surface area contributed by atoms with E-state index in [1.165, 1.54) is 12.1 Å². The zero-order valence-corrected chi connectivity index (χ0v) is 10.9. The first-order valence-electron chi connectivity index (χ1n) is 5.74. The van der Waals surface area contributed by atoms with Crippen molar-refractivity contribution in [1.29, 1.82) is 0 Å². The van der Waals surface area contributed by atoms with Crippen LogP contribution in [0, 0.1) is 5.82 Å². The number of rotatable bonds is 6. The molecule has 1 aromatic rings. The number of anilines is 1. The summed E-state index contributed by atoms with van der Waals surface area (Å²) in [7, 11) is 1.66. The van der Waals surface area contributed by atoms with Crippen molar-refractivity contribution in [1.82, 2.24) is 0 Å². The minimum atomic E-state index is -0.770. The summed E-state index contributed by atoms with van der Waals surface area (Å²) in [4.78, 5) is 11.0. The van der Waals surface area contributed by atoms with Crippen LogP contribution < -0.4 is 11.1 Å². The predicted molar refractivity (Wildman–Crippen MR) is 69.1 cm³/mol. The third-order valence-corrected chi connectivity index (χ3v) is 2.84. The van der Waals surface area contributed by atoms with Gasteiger partial charge in [-0.1, -0.05) is 0 Å². The highest BCUT2D eigenvalue weighted by atomic mass is 19.1. The minimum Gasteiger partial charge on any atom is -0.385 e. The number of halogens is 1. The van der Waals surface area contributed by atoms with Gasteiger partial charge in [0.25, 0.3) is 5.91 Å². The third kappa shape index (κ3) is 4.00. The van der Waals surface area contributed by atoms with Crippen LogP contribution in [0.5, 0.6) is 0 Å². The first-order chi connectivity index (χ1) is 8.35. The third-order valence-electron chi connectivity index (χ3n) is 2.84. The van der Waals surface area contributed by atoms with E-state index in [2.05, 4.69) is 5.32 Å². The Labute approximate surface area is 106 Å². The largest absolute Gasteiger partial charge is 0.385 e. The minimum absolute atomic E-state index is 0.106. The fraction of sp³-hybridized carbons (Fsp3) is 0.462. The Balaban J connectivity index is 2.64. The number of hydrogen-bond donors (Lipinski definition) is 2. The number of carbonyl (C=O) groups excluding carboxylic acids is 1. The quantitative estimate of drug-likeness (QED) is 0.817. The van der Waals surface area contributed by atoms with Crippen molar-refractivity contribution in [3.05, 3.63) is 29.6 Å². The van der Waals surface area contributed by atoms with Crippen molar-refractivity contribution in [3.63, 3.8) is 0 Å². The molecule has 1 aromatic carbocycles. The first-order valence-corrected chi connectivity index (χ1v) is 5.74. The van der Waals surface area contributed by atoms with E-state index in [4.69, 9.17) is 10.5 Å². The van der Waals surface area contributed by atoms with Crippen LogP contribution in [0.2, 0.25) is 0 Å². The average Bonchev–Trinajstić information content (AvgIpc) is 2.31. The van der Waals surface area contributed by atoms with Gasteiger partial charge >= 0.3 is 0 Å². The summed E-state index contributed by atoms with van der Waals surface area (Å²) in [6.45, 7) is 4.62. The standard InChI is InChI=1S/C13H19FN2O2/c1-13(2,18-3)6-7-16-9-4-5-11(14)10(8-9)12(15)17/h4-5,8,16H,6-7H2,1-3H3,(H2,15,17). The van der Waals surface area contributed by atoms with Crippen LogP contribution in [0.3, 0.4) is 0 Å². The Hall–Kier alpha value is -1.62. The molecule has 0 heterocycles. The zero-order chi connectivity index (χ0) is 13.8. The average molecular weight is 254 g/mol. The molecule has 0 aliphatic rings. The van der Waals surface area contributed by atoms with E-state index in [0.717, 1.165) is 6.42 Å². The Morgan fingerprint density at radius 1 is 1.50 bits per heavy atom. The topological polar surface area (TPSA) is 64.3 Å². The van der Waals surface area contributed by atoms with Gasteiger partial charge in [-0.05, 0) is 38.5 Å². The van der Waals surface area contributed by atoms with Crippen molar-refractivity contribution in [3.8, 4) is 0 Å². The van der Waals surface area contributed by atoms with Gasteiger partial charge in [-0.15, -0.1) is 0 Å². The lowest BCUT2D eigenvalue weighted by molar-refractivity contribution is 0.0185. The molecule has 3 N–H and O–H groups in total. The van der Waals surface area contributed by atoms with Crippen LogP contribution in [0.1, 0.15) is 30.6 Å². The second-order valence-electron chi connectivity index (χ2n) is 4.70. The van der Waals surface area contributed by atoms with Gasteiger partial charge in [0.05, 0.1) is 11.2 Å². The van der Waals surface area contributed by atoms with Crippen molar-refractivity contribution in [2.45, 2.75) is 25.9 Å². The Morgan fingerprint density at radius 3 is 2.72 bits per heavy atom. The predicted octanol–water partition coefficient (Wildman–Crippen LogP) is 2.15. The van der Waals surface area contributed by atoms with Crippen molar-refractivity contribution in [2.75, 3.05) is 19.0 Å². The number of nitrogens with one attached hydrogen (secondary N) is 1. The number of primary amides is 1. The molecule has 4 nitrogen and oxygen atoms in total. The number of methoxy groups -OCH3 is 1. The lowest BCUT2D eigenvalue weighted by Crippen LogP contribution is -2.25. The molecule has 18 heavy (non-hydrogen) atoms. The molecule has 0 spiro atoms. The summed E-state index contributed by atoms with van der Waals surface area (Å²) in [5.74, 6) is -1.38. The van der Waals surface area contributed by atoms with Gasteiger partial charge in [-0.2, -0.15) is 0 Å². The van der Waals surface area contributed by atoms with E-state index in [1.54, 1.807) is 13.2 Å². The number of carbonyl (C=O) groups is 1. The van der Waals surface area contributed by atoms with Gasteiger partial charge in [-0.25, -0.2) is 4.39 Å². The molecule has 0 unspecified atom stereocenters. The fourth-order valence-corrected chi connectivity index (χ4v) is 1.43. The lowest BCUT2D eigenvalue weighted by Gasteiger charge is -2.23. The van der Waals surface area contributed by atoms with E-state index >= 15 is 0 Å². The van der Waals surface area contributed by atoms with Crippen LogP contribution >= 0.6 is 0 Å². The van der Waals surface area contributed by atoms with Crippen LogP contribution in [-0.2, 0) is 4.74 Å². The summed E-state index contributed by atoms with van der Waals surface area (Å²) in [6, 6.07) is 4.21. The summed E-state index contributed by atoms with van der Waals surface area (Å²) in [5, 5.41) is 3.10. The van der Waals surface area contributed by atoms with E-state index in [0.29, 0.717) is 12.2 Å². The molecule has 0 saturated heterocycles. The van der Waals surface area contributed by atoms with E-state index in [-0.39, 0.29) is 11.2 Å². The molecule has 0 bridgehead atoms. The maximum Gasteiger partial charge on any atom is 0.251 e. The molecule has 0 radical (unpaired) electrons. The first kappa shape index (κ1) is 14.4. The van der Waals surface area contributed by atoms with Gasteiger partial charge in [0.1, 0.15) is 5.82 Å². The van der Waals surface area contributed by atoms with Gasteiger partial charge in [0, 0.05) is 19.3 Å². The molecule has 1 amide bonds. The van der Waals surface area contributed by atoms with E-state index < -0.39 is 11.7 Å². The molecular formula is C13H19FN2O2. The highest BCUT2D eigenvalue weighted by Crippen LogP contribution is 2.16. The number of benzene rings is 1. The highest BCUT2D eigenvalue weighted by molar-refractivity contribution is 5.94. The molecule has 0 atom stereocenters. The van der Waals surface area contributed by atoms with Gasteiger partial charge < -0.3 is 15.8 Å². The van der Waals surface area contributed by atoms with E-state index in [1.807, 2.05) is 13.8 Å². The lowest BCUT2D eigenvalue weighted by atomic mass is 10.1. The second-order valence-corrected chi connectivity index (χ2v) is 4.70. The molecule has 0 aromatic heterocycles. The van der Waals surface area contributed by atoms with Gasteiger partial charge in [-0.3, -0.25) is 4.79 Å². The summed E-state index contributed by atoms with van der Waals surface area (Å²) < 4.78 is 18.5. The van der Waals surface area contributed by atoms with Gasteiger partial charge in [0.2, 0.25) is 0 Å². The van der Waals surface area contributed by atoms with Gasteiger partial charge in [0.15, 0.2) is 0 Å². The molecule has 0 aliphatic heterocycles. The summed E-state index contributed by atoms with van der Waals surface area (Å²) in [6.07, 6.45) is 0.785. The molecular weight excluding hydrogens is 235 g/mol. The Bertz CT molecular complexity index is 433. The molecule has 0 aliphatic carbocycles. The monoisotopic (exact) mass is 254 g/mol. The highest BCUT2D eigenvalue weighted by Gasteiger charge is 2.15. The molecule has 1 rings (SSSR count). The molecule has 0 fully saturated rings. The number of hydrogen-bond acceptors (Lipinski definition) is 3. The number of amides is 1. The SMILES string of the molecule is COC(C)(C)CCNc1ccc(F)c(C(N)=O)c1. The fourth-order valence-electron chi connectivity index (χ4n) is 1.43. The molecule has 100 valence electrons. The van der Waals surface area contributed by atoms with Crippen LogP contribution in [0.25, 0.3) is 0 Å². The second kappa shape index (κ2) is 5.82. The number of nitrogens with two attached hydrogens (primary N) is 1. The smallest absolute Gasteiger partial charge is 0.251 e. The van der Waals surface area contributed by atoms with Crippen LogP contribution in [0.15, 0.2) is 18.2 Å². The van der Waals surface area contributed by atoms with Crippen LogP contribution in [0.4, 0.5) is 10.1 Å². The molecule has 0 saturated carbocycles. The Kier molecular flexibility index (Phi) is 4.67. The van der Waals surface area contributed by atoms with Crippen molar-refractivity contribution in [2.24, 2.45) is 5.73 Å². The summed E-state index contributed by atoms with van der Waals surface area (Å²) in [5.41, 5.74) is 5.41. The molecule has 5 heteroatoms. The Morgan fingerprint density at radius 2 is 2.17 bits per heavy atom. The zero-order valence-electron chi connectivity index (χ0n) is 10.9. The van der Waals surface area contributed by atoms with E-state index in [9.17, 15) is 9.18 Å². The maximum atomic E-state index is 13.2. The van der Waals surface area contributed by atoms with Crippen LogP contribution in [-0.4, -0.2) is 25.2 Å². The maximum absolute atomic E-state index is 13.2.